The standard InChI is InChI=1S/C18H14Cl2N2O2/c1-22(2)17-16(18(23)24)15(10-4-3-5-11(19)8-10)13-9-12(20)6-7-14(13)21-17/h3-9H,1-2H3,(H,23,24). The molecule has 0 aliphatic carbocycles. The number of aromatic carboxylic acids is 1. The Kier molecular flexibility index (Phi) is 4.35. The second-order valence-electron chi connectivity index (χ2n) is 5.56. The quantitative estimate of drug-likeness (QED) is 0.715. The third-order valence-electron chi connectivity index (χ3n) is 3.68. The first-order chi connectivity index (χ1) is 11.4. The van der Waals surface area contributed by atoms with Crippen molar-refractivity contribution in [1.29, 1.82) is 0 Å². The van der Waals surface area contributed by atoms with E-state index < -0.39 is 5.97 Å². The van der Waals surface area contributed by atoms with Gasteiger partial charge in [-0.1, -0.05) is 35.3 Å². The fourth-order valence-corrected chi connectivity index (χ4v) is 3.05. The van der Waals surface area contributed by atoms with E-state index in [1.165, 1.54) is 0 Å². The van der Waals surface area contributed by atoms with Crippen molar-refractivity contribution in [2.45, 2.75) is 0 Å². The van der Waals surface area contributed by atoms with Crippen molar-refractivity contribution in [1.82, 2.24) is 4.98 Å². The number of anilines is 1. The van der Waals surface area contributed by atoms with Gasteiger partial charge in [0, 0.05) is 35.1 Å². The fourth-order valence-electron chi connectivity index (χ4n) is 2.69. The van der Waals surface area contributed by atoms with Gasteiger partial charge in [-0.25, -0.2) is 9.78 Å². The molecule has 0 amide bonds. The Bertz CT molecular complexity index is 955. The zero-order chi connectivity index (χ0) is 17.4. The van der Waals surface area contributed by atoms with Crippen LogP contribution in [0.5, 0.6) is 0 Å². The molecule has 0 radical (unpaired) electrons. The van der Waals surface area contributed by atoms with Crippen molar-refractivity contribution in [3.63, 3.8) is 0 Å². The summed E-state index contributed by atoms with van der Waals surface area (Å²) in [6.07, 6.45) is 0. The van der Waals surface area contributed by atoms with E-state index in [1.54, 1.807) is 55.4 Å². The summed E-state index contributed by atoms with van der Waals surface area (Å²) >= 11 is 12.2. The Morgan fingerprint density at radius 2 is 1.79 bits per heavy atom. The lowest BCUT2D eigenvalue weighted by atomic mass is 9.95. The molecule has 2 aromatic carbocycles. The van der Waals surface area contributed by atoms with Crippen LogP contribution in [0.2, 0.25) is 10.0 Å². The Labute approximate surface area is 149 Å². The minimum Gasteiger partial charge on any atom is -0.478 e. The summed E-state index contributed by atoms with van der Waals surface area (Å²) in [5.41, 5.74) is 2.05. The van der Waals surface area contributed by atoms with Gasteiger partial charge in [0.2, 0.25) is 0 Å². The highest BCUT2D eigenvalue weighted by Crippen LogP contribution is 2.38. The van der Waals surface area contributed by atoms with Gasteiger partial charge in [-0.2, -0.15) is 0 Å². The van der Waals surface area contributed by atoms with E-state index in [0.29, 0.717) is 37.9 Å². The summed E-state index contributed by atoms with van der Waals surface area (Å²) in [4.78, 5) is 18.2. The monoisotopic (exact) mass is 360 g/mol. The molecular weight excluding hydrogens is 347 g/mol. The number of carboxylic acid groups (broad SMARTS) is 1. The predicted molar refractivity (Wildman–Crippen MR) is 98.5 cm³/mol. The van der Waals surface area contributed by atoms with Crippen molar-refractivity contribution in [2.75, 3.05) is 19.0 Å². The van der Waals surface area contributed by atoms with Gasteiger partial charge in [-0.15, -0.1) is 0 Å². The SMILES string of the molecule is CN(C)c1nc2ccc(Cl)cc2c(-c2cccc(Cl)c2)c1C(=O)O. The summed E-state index contributed by atoms with van der Waals surface area (Å²) in [6.45, 7) is 0. The van der Waals surface area contributed by atoms with Crippen LogP contribution in [0.25, 0.3) is 22.0 Å². The number of hydrogen-bond acceptors (Lipinski definition) is 3. The highest BCUT2D eigenvalue weighted by Gasteiger charge is 2.23. The number of fused-ring (bicyclic) bond motifs is 1. The molecule has 0 saturated heterocycles. The van der Waals surface area contributed by atoms with Gasteiger partial charge in [0.05, 0.1) is 5.52 Å². The van der Waals surface area contributed by atoms with Crippen molar-refractivity contribution < 1.29 is 9.90 Å². The molecule has 0 spiro atoms. The number of carboxylic acids is 1. The van der Waals surface area contributed by atoms with Crippen LogP contribution in [0.1, 0.15) is 10.4 Å². The van der Waals surface area contributed by atoms with E-state index in [9.17, 15) is 9.90 Å². The maximum absolute atomic E-state index is 12.0. The summed E-state index contributed by atoms with van der Waals surface area (Å²) in [5, 5.41) is 11.5. The van der Waals surface area contributed by atoms with Gasteiger partial charge in [0.1, 0.15) is 11.4 Å². The maximum atomic E-state index is 12.0. The summed E-state index contributed by atoms with van der Waals surface area (Å²) < 4.78 is 0. The number of nitrogens with zero attached hydrogens (tertiary/aromatic N) is 2. The number of rotatable bonds is 3. The van der Waals surface area contributed by atoms with Crippen molar-refractivity contribution in [3.8, 4) is 11.1 Å². The molecule has 0 unspecified atom stereocenters. The molecule has 1 heterocycles. The minimum absolute atomic E-state index is 0.122. The molecule has 3 rings (SSSR count). The molecule has 4 nitrogen and oxygen atoms in total. The molecule has 24 heavy (non-hydrogen) atoms. The Hall–Kier alpha value is -2.30. The molecule has 1 aromatic heterocycles. The number of aromatic nitrogens is 1. The summed E-state index contributed by atoms with van der Waals surface area (Å²) in [6, 6.07) is 12.3. The topological polar surface area (TPSA) is 53.4 Å². The number of pyridine rings is 1. The number of carbonyl (C=O) groups is 1. The first-order valence-electron chi connectivity index (χ1n) is 7.18. The van der Waals surface area contributed by atoms with Gasteiger partial charge >= 0.3 is 5.97 Å². The normalized spacial score (nSPS) is 10.8. The van der Waals surface area contributed by atoms with Crippen LogP contribution in [0.3, 0.4) is 0 Å². The average molecular weight is 361 g/mol. The van der Waals surface area contributed by atoms with Crippen molar-refractivity contribution >= 4 is 45.9 Å². The molecular formula is C18H14Cl2N2O2. The van der Waals surface area contributed by atoms with E-state index >= 15 is 0 Å². The molecule has 0 fully saturated rings. The van der Waals surface area contributed by atoms with Crippen LogP contribution in [-0.2, 0) is 0 Å². The van der Waals surface area contributed by atoms with Crippen molar-refractivity contribution in [3.05, 3.63) is 58.1 Å². The van der Waals surface area contributed by atoms with E-state index in [4.69, 9.17) is 23.2 Å². The van der Waals surface area contributed by atoms with E-state index in [1.807, 2.05) is 6.07 Å². The lowest BCUT2D eigenvalue weighted by Gasteiger charge is -2.19. The molecule has 122 valence electrons. The van der Waals surface area contributed by atoms with Crippen LogP contribution in [0.15, 0.2) is 42.5 Å². The highest BCUT2D eigenvalue weighted by molar-refractivity contribution is 6.32. The first kappa shape index (κ1) is 16.6. The van der Waals surface area contributed by atoms with Crippen LogP contribution < -0.4 is 4.90 Å². The third-order valence-corrected chi connectivity index (χ3v) is 4.15. The smallest absolute Gasteiger partial charge is 0.340 e. The number of benzene rings is 2. The lowest BCUT2D eigenvalue weighted by molar-refractivity contribution is 0.0698. The molecule has 0 aliphatic heterocycles. The largest absolute Gasteiger partial charge is 0.478 e. The number of hydrogen-bond donors (Lipinski definition) is 1. The average Bonchev–Trinajstić information content (AvgIpc) is 2.52. The fraction of sp³-hybridized carbons (Fsp3) is 0.111. The number of halogens is 2. The summed E-state index contributed by atoms with van der Waals surface area (Å²) in [7, 11) is 3.52. The van der Waals surface area contributed by atoms with Crippen molar-refractivity contribution in [2.24, 2.45) is 0 Å². The van der Waals surface area contributed by atoms with Gasteiger partial charge < -0.3 is 10.0 Å². The van der Waals surface area contributed by atoms with Gasteiger partial charge in [0.15, 0.2) is 0 Å². The Morgan fingerprint density at radius 1 is 1.08 bits per heavy atom. The van der Waals surface area contributed by atoms with Crippen LogP contribution in [0, 0.1) is 0 Å². The molecule has 0 saturated carbocycles. The zero-order valence-corrected chi connectivity index (χ0v) is 14.6. The van der Waals surface area contributed by atoms with Crippen LogP contribution >= 0.6 is 23.2 Å². The lowest BCUT2D eigenvalue weighted by Crippen LogP contribution is -2.17. The minimum atomic E-state index is -1.05. The van der Waals surface area contributed by atoms with E-state index in [2.05, 4.69) is 4.98 Å². The predicted octanol–water partition coefficient (Wildman–Crippen LogP) is 4.97. The summed E-state index contributed by atoms with van der Waals surface area (Å²) in [5.74, 6) is -0.671. The molecule has 3 aromatic rings. The van der Waals surface area contributed by atoms with Gasteiger partial charge in [0.25, 0.3) is 0 Å². The van der Waals surface area contributed by atoms with Gasteiger partial charge in [-0.05, 0) is 35.9 Å². The molecule has 0 bridgehead atoms. The van der Waals surface area contributed by atoms with Crippen LogP contribution in [0.4, 0.5) is 5.82 Å². The zero-order valence-electron chi connectivity index (χ0n) is 13.0. The maximum Gasteiger partial charge on any atom is 0.340 e. The Balaban J connectivity index is 2.52. The van der Waals surface area contributed by atoms with Crippen LogP contribution in [-0.4, -0.2) is 30.2 Å². The molecule has 6 heteroatoms. The molecule has 1 N–H and O–H groups in total. The Morgan fingerprint density at radius 3 is 2.42 bits per heavy atom. The van der Waals surface area contributed by atoms with Gasteiger partial charge in [-0.3, -0.25) is 0 Å². The third kappa shape index (κ3) is 2.90. The second-order valence-corrected chi connectivity index (χ2v) is 6.43. The molecule has 0 atom stereocenters. The van der Waals surface area contributed by atoms with E-state index in [-0.39, 0.29) is 5.56 Å². The second kappa shape index (κ2) is 6.30. The first-order valence-corrected chi connectivity index (χ1v) is 7.94. The van der Waals surface area contributed by atoms with E-state index in [0.717, 1.165) is 0 Å². The highest BCUT2D eigenvalue weighted by atomic mass is 35.5. The molecule has 0 aliphatic rings.